The predicted molar refractivity (Wildman–Crippen MR) is 115 cm³/mol. The molecule has 2 heterocycles. The van der Waals surface area contributed by atoms with Gasteiger partial charge in [-0.1, -0.05) is 31.2 Å². The molecule has 1 aromatic heterocycles. The molecule has 2 aromatic rings. The van der Waals surface area contributed by atoms with Gasteiger partial charge in [0.05, 0.1) is 12.5 Å². The molecule has 0 saturated carbocycles. The topological polar surface area (TPSA) is 68.6 Å². The fourth-order valence-electron chi connectivity index (χ4n) is 4.00. The van der Waals surface area contributed by atoms with Crippen LogP contribution in [0.25, 0.3) is 6.08 Å². The molecule has 30 heavy (non-hydrogen) atoms. The van der Waals surface area contributed by atoms with Crippen molar-refractivity contribution in [2.45, 2.75) is 53.1 Å². The second-order valence-electron chi connectivity index (χ2n) is 7.61. The highest BCUT2D eigenvalue weighted by Gasteiger charge is 2.29. The quantitative estimate of drug-likeness (QED) is 0.508. The molecule has 0 spiro atoms. The highest BCUT2D eigenvalue weighted by atomic mass is 16.5. The molecule has 6 nitrogen and oxygen atoms in total. The molecule has 0 radical (unpaired) electrons. The number of rotatable bonds is 7. The monoisotopic (exact) mass is 408 g/mol. The van der Waals surface area contributed by atoms with E-state index in [4.69, 9.17) is 4.74 Å². The fraction of sp³-hybridized carbons (Fsp3) is 0.375. The summed E-state index contributed by atoms with van der Waals surface area (Å²) in [4.78, 5) is 38.8. The molecule has 0 aliphatic carbocycles. The fourth-order valence-corrected chi connectivity index (χ4v) is 4.00. The van der Waals surface area contributed by atoms with Crippen LogP contribution in [0.4, 0.5) is 0 Å². The number of hydrogen-bond acceptors (Lipinski definition) is 4. The van der Waals surface area contributed by atoms with Gasteiger partial charge in [0, 0.05) is 36.6 Å². The van der Waals surface area contributed by atoms with Crippen molar-refractivity contribution < 1.29 is 19.1 Å². The van der Waals surface area contributed by atoms with Crippen molar-refractivity contribution in [1.29, 1.82) is 0 Å². The van der Waals surface area contributed by atoms with Crippen molar-refractivity contribution >= 4 is 23.7 Å². The number of carbonyl (C=O) groups excluding carboxylic acids is 3. The van der Waals surface area contributed by atoms with Crippen LogP contribution in [0.5, 0.6) is 0 Å². The van der Waals surface area contributed by atoms with Crippen LogP contribution in [0.3, 0.4) is 0 Å². The Balaban J connectivity index is 1.68. The third kappa shape index (κ3) is 4.37. The third-order valence-electron chi connectivity index (χ3n) is 5.51. The van der Waals surface area contributed by atoms with E-state index in [-0.39, 0.29) is 24.7 Å². The lowest BCUT2D eigenvalue weighted by atomic mass is 9.94. The maximum atomic E-state index is 12.6. The van der Waals surface area contributed by atoms with E-state index in [2.05, 4.69) is 11.5 Å². The van der Waals surface area contributed by atoms with Crippen molar-refractivity contribution in [3.63, 3.8) is 0 Å². The zero-order valence-electron chi connectivity index (χ0n) is 18.0. The van der Waals surface area contributed by atoms with Crippen LogP contribution < -0.4 is 0 Å². The lowest BCUT2D eigenvalue weighted by Crippen LogP contribution is -2.32. The molecule has 0 N–H and O–H groups in total. The minimum absolute atomic E-state index is 0.0108. The average molecular weight is 408 g/mol. The smallest absolute Gasteiger partial charge is 0.308 e. The van der Waals surface area contributed by atoms with E-state index in [0.29, 0.717) is 5.56 Å². The summed E-state index contributed by atoms with van der Waals surface area (Å²) in [7, 11) is 0. The second-order valence-corrected chi connectivity index (χ2v) is 7.61. The Morgan fingerprint density at radius 2 is 1.87 bits per heavy atom. The number of ketones is 1. The largest absolute Gasteiger partial charge is 0.457 e. The summed E-state index contributed by atoms with van der Waals surface area (Å²) < 4.78 is 7.41. The Morgan fingerprint density at radius 3 is 2.57 bits per heavy atom. The molecule has 1 aromatic carbocycles. The Hall–Kier alpha value is -3.15. The predicted octanol–water partition coefficient (Wildman–Crippen LogP) is 4.21. The lowest BCUT2D eigenvalue weighted by molar-refractivity contribution is -0.144. The summed E-state index contributed by atoms with van der Waals surface area (Å²) in [5.74, 6) is -0.878. The van der Waals surface area contributed by atoms with Crippen LogP contribution >= 0.6 is 0 Å². The Labute approximate surface area is 177 Å². The van der Waals surface area contributed by atoms with Gasteiger partial charge in [-0.2, -0.15) is 0 Å². The first kappa shape index (κ1) is 21.6. The van der Waals surface area contributed by atoms with Crippen molar-refractivity contribution in [2.24, 2.45) is 0 Å². The van der Waals surface area contributed by atoms with Crippen LogP contribution in [0.2, 0.25) is 0 Å². The molecule has 3 rings (SSSR count). The molecule has 0 unspecified atom stereocenters. The van der Waals surface area contributed by atoms with Crippen molar-refractivity contribution in [1.82, 2.24) is 9.47 Å². The number of carbonyl (C=O) groups is 3. The molecule has 0 saturated heterocycles. The van der Waals surface area contributed by atoms with E-state index in [1.807, 2.05) is 50.3 Å². The zero-order chi connectivity index (χ0) is 21.8. The number of aryl methyl sites for hydroxylation is 1. The number of benzene rings is 1. The van der Waals surface area contributed by atoms with Gasteiger partial charge in [-0.15, -0.1) is 0 Å². The van der Waals surface area contributed by atoms with Crippen LogP contribution in [-0.2, 0) is 20.9 Å². The molecule has 1 aliphatic rings. The van der Waals surface area contributed by atoms with Gasteiger partial charge in [-0.3, -0.25) is 14.4 Å². The zero-order valence-corrected chi connectivity index (χ0v) is 18.0. The maximum Gasteiger partial charge on any atom is 0.308 e. The van der Waals surface area contributed by atoms with Crippen molar-refractivity contribution in [3.05, 3.63) is 64.6 Å². The summed E-state index contributed by atoms with van der Waals surface area (Å²) in [5, 5.41) is 0. The molecular formula is C24H28N2O4. The summed E-state index contributed by atoms with van der Waals surface area (Å²) in [6.07, 6.45) is 4.51. The van der Waals surface area contributed by atoms with E-state index < -0.39 is 12.0 Å². The number of ether oxygens (including phenoxy) is 1. The Bertz CT molecular complexity index is 1000. The van der Waals surface area contributed by atoms with E-state index >= 15 is 0 Å². The van der Waals surface area contributed by atoms with Gasteiger partial charge in [0.25, 0.3) is 0 Å². The van der Waals surface area contributed by atoms with E-state index in [1.165, 1.54) is 11.8 Å². The average Bonchev–Trinajstić information content (AvgIpc) is 3.00. The van der Waals surface area contributed by atoms with Crippen molar-refractivity contribution in [2.75, 3.05) is 6.61 Å². The minimum atomic E-state index is -0.507. The third-order valence-corrected chi connectivity index (χ3v) is 5.51. The summed E-state index contributed by atoms with van der Waals surface area (Å²) in [6, 6.07) is 9.04. The Kier molecular flexibility index (Phi) is 6.55. The van der Waals surface area contributed by atoms with Gasteiger partial charge < -0.3 is 14.2 Å². The SMILES string of the molecule is CCCn1c(C)cc(C(=O)COC(=O)C[C@@H]2c3ccccc3C=CN2C(C)=O)c1C. The number of amides is 1. The minimum Gasteiger partial charge on any atom is -0.457 e. The van der Waals surface area contributed by atoms with Gasteiger partial charge in [0.2, 0.25) is 11.7 Å². The van der Waals surface area contributed by atoms with Crippen molar-refractivity contribution in [3.8, 4) is 0 Å². The van der Waals surface area contributed by atoms with E-state index in [9.17, 15) is 14.4 Å². The molecule has 1 amide bonds. The van der Waals surface area contributed by atoms with E-state index in [0.717, 1.165) is 35.5 Å². The number of hydrogen-bond donors (Lipinski definition) is 0. The molecular weight excluding hydrogens is 380 g/mol. The number of fused-ring (bicyclic) bond motifs is 1. The summed E-state index contributed by atoms with van der Waals surface area (Å²) in [5.41, 5.74) is 4.36. The van der Waals surface area contributed by atoms with Crippen LogP contribution in [0, 0.1) is 13.8 Å². The maximum absolute atomic E-state index is 12.6. The van der Waals surface area contributed by atoms with Crippen LogP contribution in [0.1, 0.15) is 65.6 Å². The number of esters is 1. The highest BCUT2D eigenvalue weighted by molar-refractivity contribution is 5.99. The van der Waals surface area contributed by atoms with Gasteiger partial charge in [-0.05, 0) is 43.5 Å². The van der Waals surface area contributed by atoms with Crippen LogP contribution in [0.15, 0.2) is 36.5 Å². The van der Waals surface area contributed by atoms with Crippen LogP contribution in [-0.4, -0.2) is 33.7 Å². The van der Waals surface area contributed by atoms with E-state index in [1.54, 1.807) is 6.20 Å². The number of nitrogens with zero attached hydrogens (tertiary/aromatic N) is 2. The van der Waals surface area contributed by atoms with Gasteiger partial charge in [0.1, 0.15) is 0 Å². The first-order valence-corrected chi connectivity index (χ1v) is 10.2. The summed E-state index contributed by atoms with van der Waals surface area (Å²) in [6.45, 7) is 7.97. The summed E-state index contributed by atoms with van der Waals surface area (Å²) >= 11 is 0. The number of aromatic nitrogens is 1. The van der Waals surface area contributed by atoms with Gasteiger partial charge in [-0.25, -0.2) is 0 Å². The molecule has 1 atom stereocenters. The highest BCUT2D eigenvalue weighted by Crippen LogP contribution is 2.33. The molecule has 158 valence electrons. The standard InChI is InChI=1S/C24H28N2O4/c1-5-11-25-16(2)13-21(17(25)3)23(28)15-30-24(29)14-22-20-9-7-6-8-19(20)10-12-26(22)18(4)27/h6-10,12-13,22H,5,11,14-15H2,1-4H3/t22-/m1/s1. The molecule has 0 bridgehead atoms. The van der Waals surface area contributed by atoms with Gasteiger partial charge >= 0.3 is 5.97 Å². The second kappa shape index (κ2) is 9.11. The first-order chi connectivity index (χ1) is 14.3. The first-order valence-electron chi connectivity index (χ1n) is 10.2. The van der Waals surface area contributed by atoms with Gasteiger partial charge in [0.15, 0.2) is 6.61 Å². The molecule has 0 fully saturated rings. The molecule has 6 heteroatoms. The molecule has 1 aliphatic heterocycles. The Morgan fingerprint density at radius 1 is 1.13 bits per heavy atom. The lowest BCUT2D eigenvalue weighted by Gasteiger charge is -2.32. The normalized spacial score (nSPS) is 15.1. The number of Topliss-reactive ketones (excluding diaryl/α,β-unsaturated/α-hetero) is 1.